The number of methoxy groups -OCH3 is 1. The van der Waals surface area contributed by atoms with E-state index >= 15 is 0 Å². The van der Waals surface area contributed by atoms with E-state index in [1.54, 1.807) is 18.4 Å². The quantitative estimate of drug-likeness (QED) is 0.515. The molecule has 0 aliphatic rings. The summed E-state index contributed by atoms with van der Waals surface area (Å²) in [5.74, 6) is 3.08. The molecule has 0 bridgehead atoms. The maximum atomic E-state index is 11.8. The first kappa shape index (κ1) is 15.8. The van der Waals surface area contributed by atoms with Gasteiger partial charge in [-0.3, -0.25) is 4.90 Å². The van der Waals surface area contributed by atoms with Crippen LogP contribution in [0.15, 0.2) is 47.3 Å². The Labute approximate surface area is 139 Å². The van der Waals surface area contributed by atoms with Gasteiger partial charge in [-0.1, -0.05) is 5.92 Å². The molecule has 0 amide bonds. The molecule has 3 aromatic heterocycles. The summed E-state index contributed by atoms with van der Waals surface area (Å²) >= 11 is 0. The molecule has 24 heavy (non-hydrogen) atoms. The second-order valence-electron chi connectivity index (χ2n) is 5.31. The van der Waals surface area contributed by atoms with Gasteiger partial charge in [0.25, 0.3) is 0 Å². The number of carbonyl (C=O) groups excluding carboxylic acids is 1. The molecule has 0 aromatic carbocycles. The average molecular weight is 323 g/mol. The molecule has 3 rings (SSSR count). The van der Waals surface area contributed by atoms with Crippen molar-refractivity contribution in [2.24, 2.45) is 0 Å². The van der Waals surface area contributed by atoms with Crippen molar-refractivity contribution in [2.75, 3.05) is 13.7 Å². The number of fused-ring (bicyclic) bond motifs is 1. The molecule has 3 aromatic rings. The van der Waals surface area contributed by atoms with Crippen molar-refractivity contribution in [1.29, 1.82) is 0 Å². The summed E-state index contributed by atoms with van der Waals surface area (Å²) in [6, 6.07) is 7.23. The molecule has 0 saturated heterocycles. The molecule has 3 heterocycles. The number of rotatable bonds is 6. The van der Waals surface area contributed by atoms with Crippen molar-refractivity contribution in [2.45, 2.75) is 13.1 Å². The zero-order valence-corrected chi connectivity index (χ0v) is 13.3. The van der Waals surface area contributed by atoms with Gasteiger partial charge in [-0.05, 0) is 24.3 Å². The van der Waals surface area contributed by atoms with E-state index in [9.17, 15) is 4.79 Å². The minimum Gasteiger partial charge on any atom is -0.468 e. The van der Waals surface area contributed by atoms with Gasteiger partial charge >= 0.3 is 5.97 Å². The van der Waals surface area contributed by atoms with E-state index in [0.717, 1.165) is 11.5 Å². The van der Waals surface area contributed by atoms with Crippen LogP contribution in [0.3, 0.4) is 0 Å². The molecule has 0 saturated carbocycles. The van der Waals surface area contributed by atoms with Gasteiger partial charge in [0.2, 0.25) is 0 Å². The lowest BCUT2D eigenvalue weighted by Crippen LogP contribution is -2.23. The lowest BCUT2D eigenvalue weighted by atomic mass is 10.3. The van der Waals surface area contributed by atoms with Crippen LogP contribution in [0.4, 0.5) is 0 Å². The number of esters is 1. The molecular formula is C18H17N3O3. The Morgan fingerprint density at radius 2 is 2.29 bits per heavy atom. The van der Waals surface area contributed by atoms with Crippen LogP contribution in [-0.4, -0.2) is 33.9 Å². The van der Waals surface area contributed by atoms with Crippen LogP contribution >= 0.6 is 0 Å². The molecule has 0 radical (unpaired) electrons. The lowest BCUT2D eigenvalue weighted by Gasteiger charge is -2.16. The van der Waals surface area contributed by atoms with Gasteiger partial charge < -0.3 is 13.6 Å². The highest BCUT2D eigenvalue weighted by Crippen LogP contribution is 2.15. The van der Waals surface area contributed by atoms with Crippen molar-refractivity contribution < 1.29 is 13.9 Å². The molecule has 0 N–H and O–H groups in total. The Morgan fingerprint density at radius 3 is 3.00 bits per heavy atom. The third kappa shape index (κ3) is 3.31. The van der Waals surface area contributed by atoms with E-state index < -0.39 is 5.97 Å². The van der Waals surface area contributed by atoms with Crippen LogP contribution in [0.25, 0.3) is 5.65 Å². The van der Waals surface area contributed by atoms with Crippen LogP contribution in [-0.2, 0) is 17.8 Å². The number of carbonyl (C=O) groups is 1. The second kappa shape index (κ2) is 7.02. The zero-order valence-electron chi connectivity index (χ0n) is 13.3. The lowest BCUT2D eigenvalue weighted by molar-refractivity contribution is 0.0602. The molecule has 122 valence electrons. The average Bonchev–Trinajstić information content (AvgIpc) is 3.22. The molecule has 0 unspecified atom stereocenters. The molecule has 0 atom stereocenters. The number of imidazole rings is 1. The predicted octanol–water partition coefficient (Wildman–Crippen LogP) is 2.35. The van der Waals surface area contributed by atoms with Crippen molar-refractivity contribution in [3.63, 3.8) is 0 Å². The monoisotopic (exact) mass is 323 g/mol. The van der Waals surface area contributed by atoms with Gasteiger partial charge in [-0.15, -0.1) is 6.42 Å². The summed E-state index contributed by atoms with van der Waals surface area (Å²) in [6.45, 7) is 1.61. The van der Waals surface area contributed by atoms with Crippen molar-refractivity contribution in [1.82, 2.24) is 14.3 Å². The summed E-state index contributed by atoms with van der Waals surface area (Å²) in [5, 5.41) is 0. The number of pyridine rings is 1. The Morgan fingerprint density at radius 1 is 1.42 bits per heavy atom. The molecule has 0 aliphatic heterocycles. The first-order valence-electron chi connectivity index (χ1n) is 7.44. The third-order valence-electron chi connectivity index (χ3n) is 3.60. The van der Waals surface area contributed by atoms with Crippen LogP contribution in [0.1, 0.15) is 21.8 Å². The largest absolute Gasteiger partial charge is 0.468 e. The molecular weight excluding hydrogens is 306 g/mol. The normalized spacial score (nSPS) is 10.9. The van der Waals surface area contributed by atoms with Gasteiger partial charge in [0, 0.05) is 18.9 Å². The van der Waals surface area contributed by atoms with E-state index in [1.165, 1.54) is 7.11 Å². The third-order valence-corrected chi connectivity index (χ3v) is 3.60. The molecule has 6 heteroatoms. The Hall–Kier alpha value is -3.04. The number of terminal acetylenes is 1. The summed E-state index contributed by atoms with van der Waals surface area (Å²) in [7, 11) is 1.35. The fourth-order valence-electron chi connectivity index (χ4n) is 2.56. The smallest absolute Gasteiger partial charge is 0.341 e. The first-order chi connectivity index (χ1) is 11.7. The Kier molecular flexibility index (Phi) is 4.64. The van der Waals surface area contributed by atoms with Gasteiger partial charge in [0.05, 0.1) is 32.2 Å². The van der Waals surface area contributed by atoms with E-state index in [4.69, 9.17) is 15.6 Å². The first-order valence-corrected chi connectivity index (χ1v) is 7.44. The maximum absolute atomic E-state index is 11.8. The summed E-state index contributed by atoms with van der Waals surface area (Å²) in [5.41, 5.74) is 1.81. The number of ether oxygens (including phenoxy) is 1. The number of nitrogens with zero attached hydrogens (tertiary/aromatic N) is 3. The number of hydrogen-bond acceptors (Lipinski definition) is 5. The highest BCUT2D eigenvalue weighted by atomic mass is 16.5. The highest BCUT2D eigenvalue weighted by Gasteiger charge is 2.15. The topological polar surface area (TPSA) is 60.0 Å². The van der Waals surface area contributed by atoms with Crippen molar-refractivity contribution in [3.8, 4) is 12.3 Å². The summed E-state index contributed by atoms with van der Waals surface area (Å²) in [6.07, 6.45) is 10.8. The number of aromatic nitrogens is 2. The van der Waals surface area contributed by atoms with Crippen molar-refractivity contribution in [3.05, 3.63) is 59.9 Å². The summed E-state index contributed by atoms with van der Waals surface area (Å²) < 4.78 is 12.0. The van der Waals surface area contributed by atoms with Gasteiger partial charge in [-0.25, -0.2) is 9.78 Å². The van der Waals surface area contributed by atoms with Gasteiger partial charge in [0.15, 0.2) is 5.65 Å². The van der Waals surface area contributed by atoms with E-state index in [2.05, 4.69) is 10.9 Å². The Balaban J connectivity index is 1.85. The number of hydrogen-bond donors (Lipinski definition) is 0. The van der Waals surface area contributed by atoms with E-state index in [-0.39, 0.29) is 0 Å². The standard InChI is InChI=1S/C18H17N3O3/c1-3-8-20(13-15-6-5-10-24-15)11-14-12-21-9-4-7-16(17(21)19-14)18(22)23-2/h1,4-7,9-10,12H,8,11,13H2,2H3. The maximum Gasteiger partial charge on any atom is 0.341 e. The van der Waals surface area contributed by atoms with Crippen LogP contribution in [0.5, 0.6) is 0 Å². The summed E-state index contributed by atoms with van der Waals surface area (Å²) in [4.78, 5) is 18.4. The van der Waals surface area contributed by atoms with Crippen LogP contribution < -0.4 is 0 Å². The van der Waals surface area contributed by atoms with Crippen LogP contribution in [0, 0.1) is 12.3 Å². The van der Waals surface area contributed by atoms with E-state index in [0.29, 0.717) is 30.8 Å². The molecule has 0 aliphatic carbocycles. The molecule has 0 spiro atoms. The second-order valence-corrected chi connectivity index (χ2v) is 5.31. The highest BCUT2D eigenvalue weighted by molar-refractivity contribution is 5.95. The molecule has 0 fully saturated rings. The fourth-order valence-corrected chi connectivity index (χ4v) is 2.56. The minimum absolute atomic E-state index is 0.409. The Bertz CT molecular complexity index is 875. The predicted molar refractivity (Wildman–Crippen MR) is 88.2 cm³/mol. The van der Waals surface area contributed by atoms with Crippen LogP contribution in [0.2, 0.25) is 0 Å². The molecule has 6 nitrogen and oxygen atoms in total. The SMILES string of the molecule is C#CCN(Cc1cn2cccc(C(=O)OC)c2n1)Cc1ccco1. The van der Waals surface area contributed by atoms with Gasteiger partial charge in [0.1, 0.15) is 11.3 Å². The van der Waals surface area contributed by atoms with Gasteiger partial charge in [-0.2, -0.15) is 0 Å². The number of furan rings is 1. The minimum atomic E-state index is -0.409. The zero-order chi connectivity index (χ0) is 16.9. The van der Waals surface area contributed by atoms with Crippen molar-refractivity contribution >= 4 is 11.6 Å². The fraction of sp³-hybridized carbons (Fsp3) is 0.222. The van der Waals surface area contributed by atoms with E-state index in [1.807, 2.05) is 33.8 Å².